The molecule has 0 saturated heterocycles. The maximum atomic E-state index is 13.1. The highest BCUT2D eigenvalue weighted by Gasteiger charge is 2.94. The molecule has 0 amide bonds. The molecule has 0 atom stereocenters. The van der Waals surface area contributed by atoms with Crippen LogP contribution < -0.4 is 0 Å². The Morgan fingerprint density at radius 3 is 0.692 bits per heavy atom. The van der Waals surface area contributed by atoms with Crippen LogP contribution in [-0.2, 0) is 0 Å². The topological polar surface area (TPSA) is 0 Å². The van der Waals surface area contributed by atoms with Crippen LogP contribution in [0.4, 0.5) is 70.2 Å². The zero-order chi connectivity index (χ0) is 22.0. The van der Waals surface area contributed by atoms with Crippen molar-refractivity contribution in [1.82, 2.24) is 0 Å². The van der Waals surface area contributed by atoms with E-state index in [2.05, 4.69) is 0 Å². The lowest BCUT2D eigenvalue weighted by molar-refractivity contribution is -0.457. The number of hydrogen-bond acceptors (Lipinski definition) is 0. The molecule has 0 nitrogen and oxygen atoms in total. The molecule has 0 heterocycles. The van der Waals surface area contributed by atoms with Gasteiger partial charge in [-0.3, -0.25) is 0 Å². The summed E-state index contributed by atoms with van der Waals surface area (Å²) in [5.74, 6) is -47.7. The molecule has 0 fully saturated rings. The lowest BCUT2D eigenvalue weighted by atomic mass is 9.86. The average Bonchev–Trinajstić information content (AvgIpc) is 2.34. The SMILES string of the molecule is CC(C)(F)C(F)(F)C(F)(F)C(F)(F)C(F)(F)C(F)(F)C(F)(F)C(F)(F)F. The first kappa shape index (κ1) is 24.9. The summed E-state index contributed by atoms with van der Waals surface area (Å²) in [5.41, 5.74) is -4.81. The number of hydrogen-bond donors (Lipinski definition) is 0. The van der Waals surface area contributed by atoms with Crippen LogP contribution in [0.25, 0.3) is 0 Å². The summed E-state index contributed by atoms with van der Waals surface area (Å²) in [7, 11) is 0. The molecule has 0 aromatic rings. The standard InChI is InChI=1S/C10H6F16/c1-3(2,11)4(12,13)5(14,15)6(16,17)7(18,19)8(20,21)9(22,23)10(24,25)26/h1-2H3. The average molecular weight is 430 g/mol. The Morgan fingerprint density at radius 1 is 0.308 bits per heavy atom. The molecule has 0 aliphatic heterocycles. The summed E-state index contributed by atoms with van der Waals surface area (Å²) in [6.07, 6.45) is -7.66. The highest BCUT2D eigenvalue weighted by atomic mass is 19.4. The molecule has 0 unspecified atom stereocenters. The second kappa shape index (κ2) is 5.69. The normalized spacial score (nSPS) is 16.8. The fourth-order valence-corrected chi connectivity index (χ4v) is 1.34. The van der Waals surface area contributed by atoms with Gasteiger partial charge in [-0.1, -0.05) is 0 Å². The van der Waals surface area contributed by atoms with Crippen LogP contribution >= 0.6 is 0 Å². The van der Waals surface area contributed by atoms with Gasteiger partial charge in [0.25, 0.3) is 0 Å². The fraction of sp³-hybridized carbons (Fsp3) is 1.00. The summed E-state index contributed by atoms with van der Waals surface area (Å²) in [4.78, 5) is 0. The van der Waals surface area contributed by atoms with Crippen molar-refractivity contribution in [2.45, 2.75) is 61.2 Å². The summed E-state index contributed by atoms with van der Waals surface area (Å²) in [5, 5.41) is 0. The van der Waals surface area contributed by atoms with Gasteiger partial charge in [-0.25, -0.2) is 4.39 Å². The Labute approximate surface area is 133 Å². The molecule has 0 N–H and O–H groups in total. The van der Waals surface area contributed by atoms with E-state index in [1.807, 2.05) is 0 Å². The van der Waals surface area contributed by atoms with E-state index in [4.69, 9.17) is 0 Å². The molecule has 0 spiro atoms. The summed E-state index contributed by atoms with van der Waals surface area (Å²) in [6, 6.07) is 0. The fourth-order valence-electron chi connectivity index (χ4n) is 1.34. The predicted octanol–water partition coefficient (Wildman–Crippen LogP) is 6.11. The highest BCUT2D eigenvalue weighted by molar-refractivity contribution is 5.15. The minimum atomic E-state index is -8.39. The predicted molar refractivity (Wildman–Crippen MR) is 50.9 cm³/mol. The van der Waals surface area contributed by atoms with Crippen LogP contribution in [0.3, 0.4) is 0 Å². The van der Waals surface area contributed by atoms with Crippen LogP contribution in [0, 0.1) is 0 Å². The van der Waals surface area contributed by atoms with Gasteiger partial charge in [0, 0.05) is 0 Å². The number of halogens is 16. The zero-order valence-electron chi connectivity index (χ0n) is 12.0. The van der Waals surface area contributed by atoms with Crippen molar-refractivity contribution in [2.75, 3.05) is 0 Å². The maximum Gasteiger partial charge on any atom is 0.460 e. The monoisotopic (exact) mass is 430 g/mol. The van der Waals surface area contributed by atoms with Gasteiger partial charge in [-0.15, -0.1) is 0 Å². The first-order valence-corrected chi connectivity index (χ1v) is 5.77. The van der Waals surface area contributed by atoms with Gasteiger partial charge in [-0.05, 0) is 13.8 Å². The largest absolute Gasteiger partial charge is 0.460 e. The lowest BCUT2D eigenvalue weighted by Gasteiger charge is -2.43. The quantitative estimate of drug-likeness (QED) is 0.447. The van der Waals surface area contributed by atoms with Crippen molar-refractivity contribution in [2.24, 2.45) is 0 Å². The minimum absolute atomic E-state index is 0.586. The molecule has 0 aromatic heterocycles. The van der Waals surface area contributed by atoms with Crippen molar-refractivity contribution >= 4 is 0 Å². The lowest BCUT2D eigenvalue weighted by Crippen LogP contribution is -2.74. The van der Waals surface area contributed by atoms with E-state index in [1.165, 1.54) is 0 Å². The van der Waals surface area contributed by atoms with Gasteiger partial charge in [0.2, 0.25) is 0 Å². The van der Waals surface area contributed by atoms with Crippen molar-refractivity contribution < 1.29 is 70.2 Å². The van der Waals surface area contributed by atoms with Crippen LogP contribution in [0.1, 0.15) is 13.8 Å². The van der Waals surface area contributed by atoms with E-state index in [0.717, 1.165) is 0 Å². The molecule has 0 saturated carbocycles. The third-order valence-electron chi connectivity index (χ3n) is 3.07. The maximum absolute atomic E-state index is 13.1. The molecule has 158 valence electrons. The smallest absolute Gasteiger partial charge is 0.238 e. The van der Waals surface area contributed by atoms with Gasteiger partial charge in [-0.2, -0.15) is 65.9 Å². The number of alkyl halides is 16. The van der Waals surface area contributed by atoms with E-state index in [-0.39, 0.29) is 0 Å². The molecular weight excluding hydrogens is 424 g/mol. The van der Waals surface area contributed by atoms with Crippen molar-refractivity contribution in [1.29, 1.82) is 0 Å². The Balaban J connectivity index is 6.61. The Bertz CT molecular complexity index is 470. The summed E-state index contributed by atoms with van der Waals surface area (Å²) < 4.78 is 203. The molecule has 0 bridgehead atoms. The van der Waals surface area contributed by atoms with Crippen LogP contribution in [0.5, 0.6) is 0 Å². The molecule has 26 heavy (non-hydrogen) atoms. The third kappa shape index (κ3) is 2.86. The van der Waals surface area contributed by atoms with Crippen LogP contribution in [0.2, 0.25) is 0 Å². The van der Waals surface area contributed by atoms with Crippen molar-refractivity contribution in [3.05, 3.63) is 0 Å². The number of rotatable bonds is 6. The third-order valence-corrected chi connectivity index (χ3v) is 3.07. The minimum Gasteiger partial charge on any atom is -0.238 e. The second-order valence-electron chi connectivity index (χ2n) is 5.42. The summed E-state index contributed by atoms with van der Waals surface area (Å²) >= 11 is 0. The van der Waals surface area contributed by atoms with E-state index in [1.54, 1.807) is 0 Å². The second-order valence-corrected chi connectivity index (χ2v) is 5.42. The van der Waals surface area contributed by atoms with Gasteiger partial charge in [0.05, 0.1) is 0 Å². The zero-order valence-corrected chi connectivity index (χ0v) is 12.0. The Kier molecular flexibility index (Phi) is 5.44. The molecule has 16 heteroatoms. The van der Waals surface area contributed by atoms with Crippen LogP contribution in [0.15, 0.2) is 0 Å². The van der Waals surface area contributed by atoms with Crippen molar-refractivity contribution in [3.63, 3.8) is 0 Å². The summed E-state index contributed by atoms with van der Waals surface area (Å²) in [6.45, 7) is -1.17. The van der Waals surface area contributed by atoms with Gasteiger partial charge >= 0.3 is 41.7 Å². The molecule has 0 rings (SSSR count). The van der Waals surface area contributed by atoms with E-state index in [0.29, 0.717) is 0 Å². The van der Waals surface area contributed by atoms with E-state index >= 15 is 0 Å². The molecule has 0 aromatic carbocycles. The Morgan fingerprint density at radius 2 is 0.500 bits per heavy atom. The first-order valence-electron chi connectivity index (χ1n) is 5.77. The molecule has 0 aliphatic rings. The molecular formula is C10H6F16. The molecule has 0 aliphatic carbocycles. The van der Waals surface area contributed by atoms with Gasteiger partial charge in [0.15, 0.2) is 5.67 Å². The van der Waals surface area contributed by atoms with Crippen molar-refractivity contribution in [3.8, 4) is 0 Å². The van der Waals surface area contributed by atoms with Gasteiger partial charge in [0.1, 0.15) is 0 Å². The molecule has 0 radical (unpaired) electrons. The van der Waals surface area contributed by atoms with Crippen LogP contribution in [-0.4, -0.2) is 47.4 Å². The van der Waals surface area contributed by atoms with Gasteiger partial charge < -0.3 is 0 Å². The van der Waals surface area contributed by atoms with E-state index in [9.17, 15) is 70.2 Å². The highest BCUT2D eigenvalue weighted by Crippen LogP contribution is 2.63. The van der Waals surface area contributed by atoms with E-state index < -0.39 is 61.2 Å². The Hall–Kier alpha value is -1.12. The first-order chi connectivity index (χ1) is 10.8.